The first-order valence-electron chi connectivity index (χ1n) is 7.70. The molecule has 6 nitrogen and oxygen atoms in total. The molecule has 1 aliphatic rings. The smallest absolute Gasteiger partial charge is 0.248 e. The summed E-state index contributed by atoms with van der Waals surface area (Å²) in [5.41, 5.74) is 2.05. The molecule has 2 amide bonds. The van der Waals surface area contributed by atoms with E-state index in [0.29, 0.717) is 18.1 Å². The van der Waals surface area contributed by atoms with Crippen LogP contribution in [0.25, 0.3) is 10.2 Å². The molecule has 1 saturated heterocycles. The Balaban J connectivity index is 1.73. The van der Waals surface area contributed by atoms with Crippen LogP contribution >= 0.6 is 11.3 Å². The lowest BCUT2D eigenvalue weighted by Crippen LogP contribution is -2.46. The van der Waals surface area contributed by atoms with Gasteiger partial charge < -0.3 is 15.5 Å². The Bertz CT molecular complexity index is 743. The van der Waals surface area contributed by atoms with Gasteiger partial charge in [-0.3, -0.25) is 9.59 Å². The number of anilines is 1. The maximum absolute atomic E-state index is 12.5. The highest BCUT2D eigenvalue weighted by Gasteiger charge is 2.33. The second kappa shape index (κ2) is 6.64. The van der Waals surface area contributed by atoms with Gasteiger partial charge in [0.25, 0.3) is 0 Å². The summed E-state index contributed by atoms with van der Waals surface area (Å²) in [5.74, 6) is -0.187. The molecule has 0 unspecified atom stereocenters. The van der Waals surface area contributed by atoms with Crippen LogP contribution in [0, 0.1) is 6.92 Å². The minimum Gasteiger partial charge on any atom is -0.330 e. The number of carbonyl (C=O) groups excluding carboxylic acids is 2. The van der Waals surface area contributed by atoms with Crippen molar-refractivity contribution in [2.24, 2.45) is 0 Å². The van der Waals surface area contributed by atoms with E-state index in [1.165, 1.54) is 16.9 Å². The van der Waals surface area contributed by atoms with E-state index in [4.69, 9.17) is 0 Å². The number of likely N-dealkylation sites (N-methyl/N-ethyl adjacent to an activating group) is 1. The third-order valence-corrected chi connectivity index (χ3v) is 4.91. The molecule has 1 fully saturated rings. The van der Waals surface area contributed by atoms with Crippen molar-refractivity contribution >= 4 is 38.5 Å². The standard InChI is InChI=1S/C16H20N4O2S/c1-10-5-6-11-13(8-10)23-16(18-11)19-15(22)12-4-3-7-20(12)14(21)9-17-2/h5-6,8,12,17H,3-4,7,9H2,1-2H3,(H,18,19,22)/t12-/m0/s1. The SMILES string of the molecule is CNCC(=O)N1CCC[C@H]1C(=O)Nc1nc2ccc(C)cc2s1. The van der Waals surface area contributed by atoms with Gasteiger partial charge in [-0.15, -0.1) is 0 Å². The summed E-state index contributed by atoms with van der Waals surface area (Å²) in [6.07, 6.45) is 1.55. The lowest BCUT2D eigenvalue weighted by Gasteiger charge is -2.23. The van der Waals surface area contributed by atoms with E-state index in [1.807, 2.05) is 19.1 Å². The zero-order chi connectivity index (χ0) is 16.4. The summed E-state index contributed by atoms with van der Waals surface area (Å²) in [4.78, 5) is 30.7. The van der Waals surface area contributed by atoms with Gasteiger partial charge in [-0.1, -0.05) is 17.4 Å². The summed E-state index contributed by atoms with van der Waals surface area (Å²) >= 11 is 1.46. The molecule has 0 spiro atoms. The Morgan fingerprint density at radius 1 is 1.43 bits per heavy atom. The third kappa shape index (κ3) is 3.35. The Hall–Kier alpha value is -1.99. The highest BCUT2D eigenvalue weighted by atomic mass is 32.1. The van der Waals surface area contributed by atoms with Crippen molar-refractivity contribution < 1.29 is 9.59 Å². The van der Waals surface area contributed by atoms with Gasteiger partial charge in [-0.25, -0.2) is 4.98 Å². The number of benzene rings is 1. The molecular weight excluding hydrogens is 312 g/mol. The second-order valence-electron chi connectivity index (χ2n) is 5.75. The van der Waals surface area contributed by atoms with Crippen molar-refractivity contribution in [3.63, 3.8) is 0 Å². The number of nitrogens with zero attached hydrogens (tertiary/aromatic N) is 2. The molecule has 7 heteroatoms. The van der Waals surface area contributed by atoms with Gasteiger partial charge in [-0.05, 0) is 44.5 Å². The minimum atomic E-state index is -0.399. The molecule has 2 heterocycles. The van der Waals surface area contributed by atoms with Gasteiger partial charge in [0, 0.05) is 6.54 Å². The Morgan fingerprint density at radius 3 is 3.04 bits per heavy atom. The van der Waals surface area contributed by atoms with Gasteiger partial charge in [0.15, 0.2) is 5.13 Å². The third-order valence-electron chi connectivity index (χ3n) is 3.98. The predicted octanol–water partition coefficient (Wildman–Crippen LogP) is 1.75. The van der Waals surface area contributed by atoms with Crippen LogP contribution in [-0.2, 0) is 9.59 Å². The van der Waals surface area contributed by atoms with Crippen molar-refractivity contribution in [1.82, 2.24) is 15.2 Å². The fourth-order valence-corrected chi connectivity index (χ4v) is 3.83. The maximum atomic E-state index is 12.5. The molecule has 1 aliphatic heterocycles. The lowest BCUT2D eigenvalue weighted by molar-refractivity contribution is -0.135. The molecule has 2 aromatic rings. The molecule has 0 radical (unpaired) electrons. The molecule has 0 bridgehead atoms. The number of thiazole rings is 1. The molecule has 0 aliphatic carbocycles. The Kier molecular flexibility index (Phi) is 4.58. The van der Waals surface area contributed by atoms with Crippen LogP contribution in [0.5, 0.6) is 0 Å². The minimum absolute atomic E-state index is 0.0370. The molecule has 3 rings (SSSR count). The summed E-state index contributed by atoms with van der Waals surface area (Å²) in [6.45, 7) is 2.92. The van der Waals surface area contributed by atoms with E-state index in [0.717, 1.165) is 16.6 Å². The fourth-order valence-electron chi connectivity index (χ4n) is 2.86. The topological polar surface area (TPSA) is 74.3 Å². The first-order chi connectivity index (χ1) is 11.1. The number of likely N-dealkylation sites (tertiary alicyclic amines) is 1. The largest absolute Gasteiger partial charge is 0.330 e. The van der Waals surface area contributed by atoms with Gasteiger partial charge in [0.1, 0.15) is 6.04 Å². The van der Waals surface area contributed by atoms with Crippen LogP contribution in [0.2, 0.25) is 0 Å². The molecule has 1 atom stereocenters. The van der Waals surface area contributed by atoms with Crippen LogP contribution in [0.15, 0.2) is 18.2 Å². The van der Waals surface area contributed by atoms with E-state index >= 15 is 0 Å². The normalized spacial score (nSPS) is 17.7. The quantitative estimate of drug-likeness (QED) is 0.895. The number of hydrogen-bond donors (Lipinski definition) is 2. The first kappa shape index (κ1) is 15.9. The average molecular weight is 332 g/mol. The number of aromatic nitrogens is 1. The highest BCUT2D eigenvalue weighted by molar-refractivity contribution is 7.22. The van der Waals surface area contributed by atoms with Crippen molar-refractivity contribution in [3.05, 3.63) is 23.8 Å². The maximum Gasteiger partial charge on any atom is 0.248 e. The number of amides is 2. The van der Waals surface area contributed by atoms with Crippen molar-refractivity contribution in [3.8, 4) is 0 Å². The van der Waals surface area contributed by atoms with E-state index in [2.05, 4.69) is 21.7 Å². The molecule has 1 aromatic carbocycles. The molecule has 2 N–H and O–H groups in total. The van der Waals surface area contributed by atoms with E-state index in [-0.39, 0.29) is 18.4 Å². The number of hydrogen-bond acceptors (Lipinski definition) is 5. The first-order valence-corrected chi connectivity index (χ1v) is 8.52. The number of carbonyl (C=O) groups is 2. The monoisotopic (exact) mass is 332 g/mol. The second-order valence-corrected chi connectivity index (χ2v) is 6.79. The van der Waals surface area contributed by atoms with Gasteiger partial charge in [-0.2, -0.15) is 0 Å². The van der Waals surface area contributed by atoms with Crippen LogP contribution in [0.4, 0.5) is 5.13 Å². The molecule has 122 valence electrons. The molecular formula is C16H20N4O2S. The molecule has 23 heavy (non-hydrogen) atoms. The number of nitrogens with one attached hydrogen (secondary N) is 2. The van der Waals surface area contributed by atoms with E-state index in [9.17, 15) is 9.59 Å². The van der Waals surface area contributed by atoms with Crippen LogP contribution in [-0.4, -0.2) is 47.9 Å². The summed E-state index contributed by atoms with van der Waals surface area (Å²) < 4.78 is 1.05. The lowest BCUT2D eigenvalue weighted by atomic mass is 10.2. The Labute approximate surface area is 138 Å². The van der Waals surface area contributed by atoms with Crippen molar-refractivity contribution in [2.75, 3.05) is 25.5 Å². The summed E-state index contributed by atoms with van der Waals surface area (Å²) in [6, 6.07) is 5.61. The van der Waals surface area contributed by atoms with Gasteiger partial charge in [0.2, 0.25) is 11.8 Å². The summed E-state index contributed by atoms with van der Waals surface area (Å²) in [5, 5.41) is 6.30. The number of fused-ring (bicyclic) bond motifs is 1. The molecule has 1 aromatic heterocycles. The van der Waals surface area contributed by atoms with E-state index < -0.39 is 6.04 Å². The van der Waals surface area contributed by atoms with Crippen LogP contribution < -0.4 is 10.6 Å². The van der Waals surface area contributed by atoms with Crippen molar-refractivity contribution in [2.45, 2.75) is 25.8 Å². The average Bonchev–Trinajstić information content (AvgIpc) is 3.12. The van der Waals surface area contributed by atoms with Crippen LogP contribution in [0.1, 0.15) is 18.4 Å². The highest BCUT2D eigenvalue weighted by Crippen LogP contribution is 2.27. The zero-order valence-electron chi connectivity index (χ0n) is 13.3. The van der Waals surface area contributed by atoms with E-state index in [1.54, 1.807) is 11.9 Å². The fraction of sp³-hybridized carbons (Fsp3) is 0.438. The van der Waals surface area contributed by atoms with Crippen LogP contribution in [0.3, 0.4) is 0 Å². The Morgan fingerprint density at radius 2 is 2.26 bits per heavy atom. The molecule has 0 saturated carbocycles. The zero-order valence-corrected chi connectivity index (χ0v) is 14.1. The number of aryl methyl sites for hydroxylation is 1. The van der Waals surface area contributed by atoms with Crippen molar-refractivity contribution in [1.29, 1.82) is 0 Å². The van der Waals surface area contributed by atoms with Gasteiger partial charge >= 0.3 is 0 Å². The number of rotatable bonds is 4. The predicted molar refractivity (Wildman–Crippen MR) is 91.6 cm³/mol. The summed E-state index contributed by atoms with van der Waals surface area (Å²) in [7, 11) is 1.73. The van der Waals surface area contributed by atoms with Gasteiger partial charge in [0.05, 0.1) is 16.8 Å².